The number of ether oxygens (including phenoxy) is 5. The number of fused-ring (bicyclic) bond motifs is 7. The standard InChI is InChI=1S/C48H78O19/c1-20-10-13-48(42(61)62)15-14-45(5)22(8-9-27-43(3)16-23(51)38(60)44(4,19-50)26(43)11-12-46(27,45)6)37(48)47(20,7)39-33(57)31(55)29(53)25(65-39)18-63-40-35(59)32(56)36(24(17-49)66-40)67-41-34(58)30(54)28(52)21(2)64-41/h8,20-21,23-41,49-60H,9-19H2,1-7H3,(H,61,62). The largest absolute Gasteiger partial charge is 0.481 e. The Bertz CT molecular complexity index is 1850. The van der Waals surface area contributed by atoms with Gasteiger partial charge in [0.15, 0.2) is 12.6 Å². The molecule has 27 unspecified atom stereocenters. The van der Waals surface area contributed by atoms with Crippen molar-refractivity contribution in [2.75, 3.05) is 19.8 Å². The van der Waals surface area contributed by atoms with Crippen LogP contribution in [0.25, 0.3) is 0 Å². The minimum atomic E-state index is -1.86. The predicted molar refractivity (Wildman–Crippen MR) is 232 cm³/mol. The van der Waals surface area contributed by atoms with E-state index < -0.39 is 162 Å². The van der Waals surface area contributed by atoms with Gasteiger partial charge >= 0.3 is 5.97 Å². The van der Waals surface area contributed by atoms with E-state index in [-0.39, 0.29) is 24.4 Å². The fourth-order valence-electron chi connectivity index (χ4n) is 16.0. The molecule has 0 aromatic rings. The third-order valence-electron chi connectivity index (χ3n) is 20.3. The molecule has 8 rings (SSSR count). The number of hydrogen-bond acceptors (Lipinski definition) is 18. The zero-order valence-electron chi connectivity index (χ0n) is 39.7. The number of aliphatic carboxylic acids is 1. The lowest BCUT2D eigenvalue weighted by Crippen LogP contribution is -2.71. The summed E-state index contributed by atoms with van der Waals surface area (Å²) in [5.41, 5.74) is -3.91. The minimum Gasteiger partial charge on any atom is -0.481 e. The number of carbonyl (C=O) groups is 1. The third kappa shape index (κ3) is 7.41. The van der Waals surface area contributed by atoms with E-state index in [2.05, 4.69) is 26.8 Å². The van der Waals surface area contributed by atoms with E-state index in [1.54, 1.807) is 0 Å². The summed E-state index contributed by atoms with van der Waals surface area (Å²) in [6.45, 7) is 12.2. The van der Waals surface area contributed by atoms with Gasteiger partial charge in [-0.25, -0.2) is 0 Å². The Hall–Kier alpha value is -1.47. The summed E-state index contributed by atoms with van der Waals surface area (Å²) in [7, 11) is 0. The quantitative estimate of drug-likeness (QED) is 0.122. The number of aliphatic hydroxyl groups is 12. The lowest BCUT2D eigenvalue weighted by molar-refractivity contribution is -0.360. The van der Waals surface area contributed by atoms with E-state index in [1.807, 2.05) is 20.8 Å². The van der Waals surface area contributed by atoms with Crippen molar-refractivity contribution < 1.29 is 94.9 Å². The van der Waals surface area contributed by atoms with Crippen molar-refractivity contribution in [3.05, 3.63) is 11.6 Å². The first kappa shape index (κ1) is 51.9. The monoisotopic (exact) mass is 959 g/mol. The number of aliphatic hydroxyl groups excluding tert-OH is 12. The second kappa shape index (κ2) is 17.9. The van der Waals surface area contributed by atoms with Gasteiger partial charge in [0.2, 0.25) is 0 Å². The molecule has 0 spiro atoms. The van der Waals surface area contributed by atoms with Crippen molar-refractivity contribution in [3.8, 4) is 0 Å². The molecule has 19 heteroatoms. The van der Waals surface area contributed by atoms with E-state index in [9.17, 15) is 71.2 Å². The highest BCUT2D eigenvalue weighted by Gasteiger charge is 2.74. The zero-order valence-corrected chi connectivity index (χ0v) is 39.7. The van der Waals surface area contributed by atoms with Crippen molar-refractivity contribution in [2.24, 2.45) is 56.2 Å². The highest BCUT2D eigenvalue weighted by molar-refractivity contribution is 5.77. The molecule has 7 fully saturated rings. The van der Waals surface area contributed by atoms with Crippen LogP contribution in [-0.2, 0) is 28.5 Å². The first-order valence-corrected chi connectivity index (χ1v) is 24.4. The van der Waals surface area contributed by atoms with Crippen LogP contribution in [0.15, 0.2) is 11.6 Å². The van der Waals surface area contributed by atoms with Crippen molar-refractivity contribution in [1.82, 2.24) is 0 Å². The smallest absolute Gasteiger partial charge is 0.310 e. The summed E-state index contributed by atoms with van der Waals surface area (Å²) in [6.07, 6.45) is -19.5. The summed E-state index contributed by atoms with van der Waals surface area (Å²) >= 11 is 0. The topological polar surface area (TPSA) is 326 Å². The van der Waals surface area contributed by atoms with Crippen molar-refractivity contribution in [3.63, 3.8) is 0 Å². The molecule has 8 aliphatic rings. The lowest BCUT2D eigenvalue weighted by Gasteiger charge is -2.73. The molecule has 3 aliphatic heterocycles. The lowest BCUT2D eigenvalue weighted by atomic mass is 9.32. The molecule has 0 bridgehead atoms. The van der Waals surface area contributed by atoms with Crippen LogP contribution in [-0.4, -0.2) is 196 Å². The maximum atomic E-state index is 13.9. The van der Waals surface area contributed by atoms with Crippen LogP contribution in [0.4, 0.5) is 0 Å². The Labute approximate surface area is 391 Å². The summed E-state index contributed by atoms with van der Waals surface area (Å²) in [5, 5.41) is 143. The summed E-state index contributed by atoms with van der Waals surface area (Å²) in [6, 6.07) is 0. The molecule has 67 heavy (non-hydrogen) atoms. The Morgan fingerprint density at radius 1 is 0.716 bits per heavy atom. The van der Waals surface area contributed by atoms with Crippen LogP contribution in [0, 0.1) is 56.2 Å². The van der Waals surface area contributed by atoms with E-state index in [1.165, 1.54) is 6.92 Å². The number of allylic oxidation sites excluding steroid dienone is 2. The molecule has 27 atom stereocenters. The fourth-order valence-corrected chi connectivity index (χ4v) is 16.0. The van der Waals surface area contributed by atoms with Gasteiger partial charge in [-0.1, -0.05) is 53.2 Å². The fraction of sp³-hybridized carbons (Fsp3) is 0.938. The van der Waals surface area contributed by atoms with Gasteiger partial charge in [-0.3, -0.25) is 4.79 Å². The van der Waals surface area contributed by atoms with Crippen LogP contribution >= 0.6 is 0 Å². The SMILES string of the molecule is CC1OC(OC2C(CO)OC(OCC3OC(C4(C)C(C)CCC5(C(=O)O)CCC6(C)C(=CCC7C8(C)CC(O)C(O)C(C)(CO)C8CCC76C)C54)C(O)C(O)C3O)C(O)C2O)C(O)C(O)C1O. The highest BCUT2D eigenvalue weighted by Crippen LogP contribution is 2.77. The Kier molecular flexibility index (Phi) is 13.9. The predicted octanol–water partition coefficient (Wildman–Crippen LogP) is -1.08. The van der Waals surface area contributed by atoms with Crippen molar-refractivity contribution in [1.29, 1.82) is 0 Å². The molecule has 13 N–H and O–H groups in total. The van der Waals surface area contributed by atoms with Crippen molar-refractivity contribution in [2.45, 2.75) is 204 Å². The van der Waals surface area contributed by atoms with Crippen LogP contribution in [0.3, 0.4) is 0 Å². The Morgan fingerprint density at radius 3 is 2.01 bits per heavy atom. The minimum absolute atomic E-state index is 0.00101. The molecule has 0 amide bonds. The number of carboxylic acids is 1. The molecule has 0 radical (unpaired) electrons. The Balaban J connectivity index is 1.08. The third-order valence-corrected chi connectivity index (χ3v) is 20.3. The average Bonchev–Trinajstić information content (AvgIpc) is 3.28. The second-order valence-electron chi connectivity index (χ2n) is 23.3. The van der Waals surface area contributed by atoms with Crippen molar-refractivity contribution >= 4 is 5.97 Å². The van der Waals surface area contributed by atoms with E-state index in [0.717, 1.165) is 12.0 Å². The van der Waals surface area contributed by atoms with E-state index in [4.69, 9.17) is 23.7 Å². The molecule has 3 saturated heterocycles. The van der Waals surface area contributed by atoms with Gasteiger partial charge in [-0.15, -0.1) is 0 Å². The molecule has 4 saturated carbocycles. The van der Waals surface area contributed by atoms with Gasteiger partial charge in [-0.05, 0) is 92.3 Å². The first-order valence-electron chi connectivity index (χ1n) is 24.4. The average molecular weight is 959 g/mol. The van der Waals surface area contributed by atoms with E-state index in [0.29, 0.717) is 44.9 Å². The maximum absolute atomic E-state index is 13.9. The molecule has 384 valence electrons. The van der Waals surface area contributed by atoms with Gasteiger partial charge in [-0.2, -0.15) is 0 Å². The maximum Gasteiger partial charge on any atom is 0.310 e. The molecule has 0 aromatic heterocycles. The molecular weight excluding hydrogens is 881 g/mol. The van der Waals surface area contributed by atoms with Gasteiger partial charge < -0.3 is 90.1 Å². The number of carboxylic acid groups (broad SMARTS) is 1. The normalized spacial score (nSPS) is 57.8. The molecule has 19 nitrogen and oxygen atoms in total. The molecule has 5 aliphatic carbocycles. The number of hydrogen-bond donors (Lipinski definition) is 13. The summed E-state index contributed by atoms with van der Waals surface area (Å²) in [5.74, 6) is -2.05. The Morgan fingerprint density at radius 2 is 1.37 bits per heavy atom. The van der Waals surface area contributed by atoms with Gasteiger partial charge in [0.25, 0.3) is 0 Å². The van der Waals surface area contributed by atoms with Crippen LogP contribution in [0.1, 0.15) is 99.8 Å². The van der Waals surface area contributed by atoms with Gasteiger partial charge in [0.05, 0.1) is 49.7 Å². The summed E-state index contributed by atoms with van der Waals surface area (Å²) in [4.78, 5) is 13.9. The molecular formula is C48H78O19. The second-order valence-corrected chi connectivity index (χ2v) is 23.3. The van der Waals surface area contributed by atoms with Gasteiger partial charge in [0, 0.05) is 16.7 Å². The zero-order chi connectivity index (χ0) is 49.3. The highest BCUT2D eigenvalue weighted by atomic mass is 16.7. The summed E-state index contributed by atoms with van der Waals surface area (Å²) < 4.78 is 29.6. The van der Waals surface area contributed by atoms with Crippen LogP contribution < -0.4 is 0 Å². The molecule has 0 aromatic carbocycles. The van der Waals surface area contributed by atoms with Crippen LogP contribution in [0.2, 0.25) is 0 Å². The van der Waals surface area contributed by atoms with Gasteiger partial charge in [0.1, 0.15) is 67.1 Å². The first-order chi connectivity index (χ1) is 31.2. The van der Waals surface area contributed by atoms with E-state index >= 15 is 0 Å². The number of rotatable bonds is 9. The molecule has 3 heterocycles. The van der Waals surface area contributed by atoms with Crippen LogP contribution in [0.5, 0.6) is 0 Å².